The van der Waals surface area contributed by atoms with Gasteiger partial charge in [0, 0.05) is 13.2 Å². The summed E-state index contributed by atoms with van der Waals surface area (Å²) in [5.74, 6) is 0. The molecule has 0 N–H and O–H groups in total. The van der Waals surface area contributed by atoms with Crippen LogP contribution in [0.5, 0.6) is 0 Å². The van der Waals surface area contributed by atoms with E-state index < -0.39 is 0 Å². The molecule has 2 heteroatoms. The van der Waals surface area contributed by atoms with Gasteiger partial charge < -0.3 is 10.1 Å². The number of nitrogens with zero attached hydrogens (tertiary/aromatic N) is 1. The molecule has 0 aliphatic rings. The second-order valence-corrected chi connectivity index (χ2v) is 1.65. The molecule has 0 bridgehead atoms. The Morgan fingerprint density at radius 2 is 2.12 bits per heavy atom. The minimum Gasteiger partial charge on any atom is -0.663 e. The van der Waals surface area contributed by atoms with E-state index in [1.165, 1.54) is 0 Å². The molecule has 0 radical (unpaired) electrons. The molecule has 0 atom stereocenters. The van der Waals surface area contributed by atoms with E-state index in [1.54, 1.807) is 7.05 Å². The van der Waals surface area contributed by atoms with Crippen LogP contribution in [-0.4, -0.2) is 26.8 Å². The van der Waals surface area contributed by atoms with Gasteiger partial charge in [0.2, 0.25) is 0 Å². The molecule has 0 aliphatic heterocycles. The lowest BCUT2D eigenvalue weighted by Gasteiger charge is -2.09. The van der Waals surface area contributed by atoms with E-state index in [0.717, 1.165) is 26.2 Å². The summed E-state index contributed by atoms with van der Waals surface area (Å²) in [7, 11) is 1.80. The molecule has 0 aliphatic carbocycles. The van der Waals surface area contributed by atoms with Crippen molar-refractivity contribution in [2.75, 3.05) is 26.8 Å². The third-order valence-electron chi connectivity index (χ3n) is 0.808. The van der Waals surface area contributed by atoms with E-state index in [4.69, 9.17) is 4.74 Å². The van der Waals surface area contributed by atoms with E-state index in [9.17, 15) is 0 Å². The summed E-state index contributed by atoms with van der Waals surface area (Å²) < 4.78 is 5.13. The molecule has 0 rings (SSSR count). The van der Waals surface area contributed by atoms with Crippen molar-refractivity contribution in [3.63, 3.8) is 0 Å². The average molecular weight is 116 g/mol. The van der Waals surface area contributed by atoms with Gasteiger partial charge in [0.1, 0.15) is 0 Å². The highest BCUT2D eigenvalue weighted by molar-refractivity contribution is 4.67. The molecule has 0 aromatic rings. The van der Waals surface area contributed by atoms with Gasteiger partial charge in [-0.3, -0.25) is 0 Å². The van der Waals surface area contributed by atoms with Crippen molar-refractivity contribution in [1.29, 1.82) is 0 Å². The molecule has 0 heterocycles. The molecule has 8 heavy (non-hydrogen) atoms. The summed E-state index contributed by atoms with van der Waals surface area (Å²) in [6.07, 6.45) is 1.10. The lowest BCUT2D eigenvalue weighted by atomic mass is 10.5. The van der Waals surface area contributed by atoms with Gasteiger partial charge in [0.05, 0.1) is 0 Å². The fourth-order valence-corrected chi connectivity index (χ4v) is 0.402. The highest BCUT2D eigenvalue weighted by Gasteiger charge is 1.76. The van der Waals surface area contributed by atoms with Crippen LogP contribution in [0.4, 0.5) is 0 Å². The van der Waals surface area contributed by atoms with Crippen LogP contribution in [0.3, 0.4) is 0 Å². The van der Waals surface area contributed by atoms with Crippen LogP contribution in [0, 0.1) is 0 Å². The molecule has 0 aromatic heterocycles. The van der Waals surface area contributed by atoms with Gasteiger partial charge in [-0.25, -0.2) is 0 Å². The van der Waals surface area contributed by atoms with Crippen LogP contribution in [0.2, 0.25) is 0 Å². The third-order valence-corrected chi connectivity index (χ3v) is 0.808. The lowest BCUT2D eigenvalue weighted by molar-refractivity contribution is 0.145. The zero-order chi connectivity index (χ0) is 6.24. The fraction of sp³-hybridized carbons (Fsp3) is 1.00. The van der Waals surface area contributed by atoms with Crippen molar-refractivity contribution in [1.82, 2.24) is 0 Å². The number of ether oxygens (including phenoxy) is 1. The summed E-state index contributed by atoms with van der Waals surface area (Å²) in [5, 5.41) is 3.88. The summed E-state index contributed by atoms with van der Waals surface area (Å²) in [6, 6.07) is 0. The monoisotopic (exact) mass is 116 g/mol. The second-order valence-electron chi connectivity index (χ2n) is 1.65. The van der Waals surface area contributed by atoms with E-state index in [-0.39, 0.29) is 0 Å². The largest absolute Gasteiger partial charge is 0.663 e. The van der Waals surface area contributed by atoms with Gasteiger partial charge in [0.25, 0.3) is 0 Å². The Hall–Kier alpha value is -0.0800. The number of likely N-dealkylation sites (N-methyl/N-ethyl adjacent to an activating group) is 1. The van der Waals surface area contributed by atoms with Crippen molar-refractivity contribution >= 4 is 0 Å². The molecule has 0 spiro atoms. The standard InChI is InChI=1S/C6H14NO/c1-3-5-8-6-4-7-2/h3-6H2,1-2H3/q-1. The topological polar surface area (TPSA) is 23.3 Å². The summed E-state index contributed by atoms with van der Waals surface area (Å²) in [5.41, 5.74) is 0. The summed E-state index contributed by atoms with van der Waals surface area (Å²) >= 11 is 0. The molecule has 50 valence electrons. The molecule has 2 nitrogen and oxygen atoms in total. The molecule has 0 aromatic carbocycles. The Bertz CT molecular complexity index is 33.5. The van der Waals surface area contributed by atoms with Gasteiger partial charge in [-0.2, -0.15) is 7.05 Å². The first-order chi connectivity index (χ1) is 3.91. The van der Waals surface area contributed by atoms with Crippen LogP contribution < -0.4 is 0 Å². The van der Waals surface area contributed by atoms with Crippen molar-refractivity contribution in [3.8, 4) is 0 Å². The van der Waals surface area contributed by atoms with E-state index in [2.05, 4.69) is 12.2 Å². The molecule has 0 saturated carbocycles. The van der Waals surface area contributed by atoms with Crippen molar-refractivity contribution in [3.05, 3.63) is 5.32 Å². The second kappa shape index (κ2) is 6.92. The predicted molar refractivity (Wildman–Crippen MR) is 35.3 cm³/mol. The Labute approximate surface area is 51.2 Å². The first kappa shape index (κ1) is 7.92. The van der Waals surface area contributed by atoms with Gasteiger partial charge >= 0.3 is 0 Å². The quantitative estimate of drug-likeness (QED) is 0.498. The lowest BCUT2D eigenvalue weighted by Crippen LogP contribution is -1.98. The summed E-state index contributed by atoms with van der Waals surface area (Å²) in [4.78, 5) is 0. The Morgan fingerprint density at radius 1 is 1.38 bits per heavy atom. The normalized spacial score (nSPS) is 9.75. The maximum Gasteiger partial charge on any atom is 0.0462 e. The minimum absolute atomic E-state index is 0.782. The van der Waals surface area contributed by atoms with Crippen LogP contribution in [-0.2, 0) is 4.74 Å². The zero-order valence-electron chi connectivity index (χ0n) is 5.68. The number of rotatable bonds is 5. The highest BCUT2D eigenvalue weighted by atomic mass is 16.5. The smallest absolute Gasteiger partial charge is 0.0462 e. The first-order valence-corrected chi connectivity index (χ1v) is 3.05. The number of hydrogen-bond donors (Lipinski definition) is 0. The molecule has 0 unspecified atom stereocenters. The number of hydrogen-bond acceptors (Lipinski definition) is 1. The fourth-order valence-electron chi connectivity index (χ4n) is 0.402. The highest BCUT2D eigenvalue weighted by Crippen LogP contribution is 1.82. The van der Waals surface area contributed by atoms with E-state index >= 15 is 0 Å². The Morgan fingerprint density at radius 3 is 2.62 bits per heavy atom. The van der Waals surface area contributed by atoms with E-state index in [0.29, 0.717) is 0 Å². The summed E-state index contributed by atoms with van der Waals surface area (Å²) in [6.45, 7) is 4.59. The molecular formula is C6H14NO-. The maximum atomic E-state index is 5.13. The zero-order valence-corrected chi connectivity index (χ0v) is 5.68. The van der Waals surface area contributed by atoms with Crippen molar-refractivity contribution in [2.45, 2.75) is 13.3 Å². The van der Waals surface area contributed by atoms with Crippen LogP contribution in [0.15, 0.2) is 0 Å². The molecular weight excluding hydrogens is 102 g/mol. The van der Waals surface area contributed by atoms with Crippen molar-refractivity contribution < 1.29 is 4.74 Å². The van der Waals surface area contributed by atoms with Gasteiger partial charge in [-0.1, -0.05) is 6.92 Å². The van der Waals surface area contributed by atoms with Gasteiger partial charge in [-0.15, -0.1) is 6.54 Å². The molecule has 0 saturated heterocycles. The minimum atomic E-state index is 0.782. The van der Waals surface area contributed by atoms with Gasteiger partial charge in [-0.05, 0) is 6.42 Å². The maximum absolute atomic E-state index is 5.13. The predicted octanol–water partition coefficient (Wildman–Crippen LogP) is 1.42. The third kappa shape index (κ3) is 5.92. The average Bonchev–Trinajstić information content (AvgIpc) is 1.81. The Balaban J connectivity index is 2.53. The SMILES string of the molecule is CCCOCC[N-]C. The molecule has 0 fully saturated rings. The Kier molecular flexibility index (Phi) is 6.85. The molecule has 0 amide bonds. The van der Waals surface area contributed by atoms with Crippen molar-refractivity contribution in [2.24, 2.45) is 0 Å². The first-order valence-electron chi connectivity index (χ1n) is 3.05. The van der Waals surface area contributed by atoms with E-state index in [1.807, 2.05) is 0 Å². The van der Waals surface area contributed by atoms with Crippen LogP contribution in [0.1, 0.15) is 13.3 Å². The van der Waals surface area contributed by atoms with Crippen LogP contribution in [0.25, 0.3) is 5.32 Å². The van der Waals surface area contributed by atoms with Crippen LogP contribution >= 0.6 is 0 Å². The van der Waals surface area contributed by atoms with Gasteiger partial charge in [0.15, 0.2) is 0 Å².